The number of nitrogens with zero attached hydrogens (tertiary/aromatic N) is 1. The molecule has 1 aliphatic rings. The van der Waals surface area contributed by atoms with Crippen LogP contribution in [0.4, 0.5) is 4.79 Å². The summed E-state index contributed by atoms with van der Waals surface area (Å²) in [5, 5.41) is 8.81. The molecular weight excluding hydrogens is 226 g/mol. The first-order chi connectivity index (χ1) is 7.79. The molecule has 17 heavy (non-hydrogen) atoms. The zero-order valence-electron chi connectivity index (χ0n) is 10.4. The third kappa shape index (κ3) is 4.60. The molecule has 1 amide bonds. The maximum Gasteiger partial charge on any atom is 0.410 e. The molecule has 1 N–H and O–H groups in total. The Hall–Kier alpha value is -1.30. The molecule has 1 atom stereocenters. The second kappa shape index (κ2) is 5.35. The van der Waals surface area contributed by atoms with E-state index < -0.39 is 23.8 Å². The fraction of sp³-hybridized carbons (Fsp3) is 0.818. The van der Waals surface area contributed by atoms with Gasteiger partial charge < -0.3 is 19.5 Å². The molecule has 98 valence electrons. The van der Waals surface area contributed by atoms with Gasteiger partial charge in [0.1, 0.15) is 5.60 Å². The Morgan fingerprint density at radius 1 is 1.35 bits per heavy atom. The predicted molar refractivity (Wildman–Crippen MR) is 59.8 cm³/mol. The highest BCUT2D eigenvalue weighted by Crippen LogP contribution is 2.13. The van der Waals surface area contributed by atoms with Crippen LogP contribution in [-0.2, 0) is 14.3 Å². The molecule has 1 aliphatic heterocycles. The van der Waals surface area contributed by atoms with Gasteiger partial charge in [-0.1, -0.05) is 0 Å². The SMILES string of the molecule is CC(C)(C)OC(=O)N1CCO[C@H](C(=O)O)CC1. The minimum absolute atomic E-state index is 0.218. The number of aliphatic carboxylic acids is 1. The lowest BCUT2D eigenvalue weighted by Crippen LogP contribution is -2.38. The molecule has 1 saturated heterocycles. The van der Waals surface area contributed by atoms with E-state index in [-0.39, 0.29) is 13.0 Å². The van der Waals surface area contributed by atoms with Crippen molar-refractivity contribution in [3.05, 3.63) is 0 Å². The monoisotopic (exact) mass is 245 g/mol. The van der Waals surface area contributed by atoms with Crippen LogP contribution >= 0.6 is 0 Å². The van der Waals surface area contributed by atoms with E-state index in [1.165, 1.54) is 4.90 Å². The van der Waals surface area contributed by atoms with Gasteiger partial charge in [0, 0.05) is 19.5 Å². The fourth-order valence-corrected chi connectivity index (χ4v) is 1.48. The summed E-state index contributed by atoms with van der Waals surface area (Å²) in [4.78, 5) is 24.0. The molecule has 1 fully saturated rings. The molecular formula is C11H19NO5. The summed E-state index contributed by atoms with van der Waals surface area (Å²) in [6, 6.07) is 0. The van der Waals surface area contributed by atoms with Crippen LogP contribution in [-0.4, -0.2) is 53.5 Å². The zero-order chi connectivity index (χ0) is 13.1. The van der Waals surface area contributed by atoms with Crippen LogP contribution in [0, 0.1) is 0 Å². The topological polar surface area (TPSA) is 76.1 Å². The summed E-state index contributed by atoms with van der Waals surface area (Å²) >= 11 is 0. The van der Waals surface area contributed by atoms with Gasteiger partial charge in [-0.05, 0) is 20.8 Å². The van der Waals surface area contributed by atoms with E-state index in [1.54, 1.807) is 20.8 Å². The maximum absolute atomic E-state index is 11.7. The van der Waals surface area contributed by atoms with Gasteiger partial charge in [-0.3, -0.25) is 0 Å². The molecule has 6 nitrogen and oxygen atoms in total. The number of carboxylic acid groups (broad SMARTS) is 1. The van der Waals surface area contributed by atoms with Gasteiger partial charge in [0.25, 0.3) is 0 Å². The van der Waals surface area contributed by atoms with Crippen LogP contribution in [0.5, 0.6) is 0 Å². The number of rotatable bonds is 1. The molecule has 0 aromatic carbocycles. The Kier molecular flexibility index (Phi) is 4.34. The van der Waals surface area contributed by atoms with Gasteiger partial charge in [0.15, 0.2) is 6.10 Å². The molecule has 0 aliphatic carbocycles. The second-order valence-electron chi connectivity index (χ2n) is 4.95. The smallest absolute Gasteiger partial charge is 0.410 e. The van der Waals surface area contributed by atoms with Crippen LogP contribution in [0.1, 0.15) is 27.2 Å². The average molecular weight is 245 g/mol. The third-order valence-corrected chi connectivity index (χ3v) is 2.27. The van der Waals surface area contributed by atoms with Gasteiger partial charge in [0.2, 0.25) is 0 Å². The van der Waals surface area contributed by atoms with Crippen molar-refractivity contribution in [2.75, 3.05) is 19.7 Å². The van der Waals surface area contributed by atoms with Gasteiger partial charge in [-0.2, -0.15) is 0 Å². The fourth-order valence-electron chi connectivity index (χ4n) is 1.48. The van der Waals surface area contributed by atoms with Crippen LogP contribution < -0.4 is 0 Å². The van der Waals surface area contributed by atoms with E-state index in [2.05, 4.69) is 0 Å². The van der Waals surface area contributed by atoms with Gasteiger partial charge in [-0.25, -0.2) is 9.59 Å². The Balaban J connectivity index is 2.51. The lowest BCUT2D eigenvalue weighted by Gasteiger charge is -2.25. The van der Waals surface area contributed by atoms with E-state index >= 15 is 0 Å². The molecule has 0 aromatic heterocycles. The number of carboxylic acids is 1. The number of ether oxygens (including phenoxy) is 2. The zero-order valence-corrected chi connectivity index (χ0v) is 10.4. The normalized spacial score (nSPS) is 21.8. The first kappa shape index (κ1) is 13.8. The largest absolute Gasteiger partial charge is 0.479 e. The van der Waals surface area contributed by atoms with Crippen molar-refractivity contribution < 1.29 is 24.2 Å². The third-order valence-electron chi connectivity index (χ3n) is 2.27. The first-order valence-electron chi connectivity index (χ1n) is 5.62. The molecule has 0 aromatic rings. The van der Waals surface area contributed by atoms with Crippen molar-refractivity contribution in [2.45, 2.75) is 38.9 Å². The summed E-state index contributed by atoms with van der Waals surface area (Å²) in [5.41, 5.74) is -0.545. The summed E-state index contributed by atoms with van der Waals surface area (Å²) in [6.07, 6.45) is -0.969. The van der Waals surface area contributed by atoms with Crippen LogP contribution in [0.15, 0.2) is 0 Å². The van der Waals surface area contributed by atoms with Crippen molar-refractivity contribution in [3.63, 3.8) is 0 Å². The van der Waals surface area contributed by atoms with Crippen molar-refractivity contribution in [1.82, 2.24) is 4.90 Å². The number of hydrogen-bond donors (Lipinski definition) is 1. The van der Waals surface area contributed by atoms with Crippen molar-refractivity contribution in [2.24, 2.45) is 0 Å². The Morgan fingerprint density at radius 2 is 2.00 bits per heavy atom. The number of hydrogen-bond acceptors (Lipinski definition) is 4. The summed E-state index contributed by atoms with van der Waals surface area (Å²) < 4.78 is 10.3. The number of carbonyl (C=O) groups excluding carboxylic acids is 1. The quantitative estimate of drug-likeness (QED) is 0.748. The average Bonchev–Trinajstić information content (AvgIpc) is 2.39. The van der Waals surface area contributed by atoms with Crippen LogP contribution in [0.25, 0.3) is 0 Å². The Bertz CT molecular complexity index is 297. The van der Waals surface area contributed by atoms with Crippen molar-refractivity contribution in [1.29, 1.82) is 0 Å². The summed E-state index contributed by atoms with van der Waals surface area (Å²) in [7, 11) is 0. The summed E-state index contributed by atoms with van der Waals surface area (Å²) in [5.74, 6) is -0.990. The minimum atomic E-state index is -0.990. The lowest BCUT2D eigenvalue weighted by atomic mass is 10.2. The van der Waals surface area contributed by atoms with Crippen molar-refractivity contribution >= 4 is 12.1 Å². The standard InChI is InChI=1S/C11H19NO5/c1-11(2,3)17-10(15)12-5-4-8(9(13)14)16-7-6-12/h8H,4-7H2,1-3H3,(H,13,14)/t8-/m0/s1. The van der Waals surface area contributed by atoms with Crippen molar-refractivity contribution in [3.8, 4) is 0 Å². The predicted octanol–water partition coefficient (Wildman–Crippen LogP) is 1.10. The maximum atomic E-state index is 11.7. The first-order valence-corrected chi connectivity index (χ1v) is 5.62. The molecule has 1 heterocycles. The molecule has 6 heteroatoms. The van der Waals surface area contributed by atoms with E-state index in [9.17, 15) is 9.59 Å². The lowest BCUT2D eigenvalue weighted by molar-refractivity contribution is -0.149. The molecule has 0 radical (unpaired) electrons. The Morgan fingerprint density at radius 3 is 2.53 bits per heavy atom. The van der Waals surface area contributed by atoms with E-state index in [0.717, 1.165) is 0 Å². The number of carbonyl (C=O) groups is 2. The van der Waals surface area contributed by atoms with E-state index in [4.69, 9.17) is 14.6 Å². The van der Waals surface area contributed by atoms with Crippen LogP contribution in [0.3, 0.4) is 0 Å². The highest BCUT2D eigenvalue weighted by molar-refractivity contribution is 5.73. The minimum Gasteiger partial charge on any atom is -0.479 e. The molecule has 1 rings (SSSR count). The summed E-state index contributed by atoms with van der Waals surface area (Å²) in [6.45, 7) is 6.29. The number of amides is 1. The Labute approximate surface area is 100 Å². The van der Waals surface area contributed by atoms with Gasteiger partial charge in [-0.15, -0.1) is 0 Å². The van der Waals surface area contributed by atoms with Crippen LogP contribution in [0.2, 0.25) is 0 Å². The second-order valence-corrected chi connectivity index (χ2v) is 4.95. The molecule has 0 spiro atoms. The highest BCUT2D eigenvalue weighted by Gasteiger charge is 2.27. The highest BCUT2D eigenvalue weighted by atomic mass is 16.6. The van der Waals surface area contributed by atoms with E-state index in [1.807, 2.05) is 0 Å². The molecule has 0 unspecified atom stereocenters. The van der Waals surface area contributed by atoms with Gasteiger partial charge in [0.05, 0.1) is 6.61 Å². The molecule has 0 bridgehead atoms. The van der Waals surface area contributed by atoms with E-state index in [0.29, 0.717) is 13.1 Å². The van der Waals surface area contributed by atoms with Gasteiger partial charge >= 0.3 is 12.1 Å². The molecule has 0 saturated carbocycles.